The molecule has 9 heteroatoms. The molecule has 2 unspecified atom stereocenters. The Morgan fingerprint density at radius 2 is 0.687 bits per heavy atom. The lowest BCUT2D eigenvalue weighted by Crippen LogP contribution is -2.40. The number of carboxylic acids is 1. The van der Waals surface area contributed by atoms with Crippen LogP contribution < -0.4 is 0 Å². The van der Waals surface area contributed by atoms with Crippen LogP contribution in [-0.4, -0.2) is 87.4 Å². The zero-order chi connectivity index (χ0) is 60.5. The van der Waals surface area contributed by atoms with E-state index in [4.69, 9.17) is 18.9 Å². The van der Waals surface area contributed by atoms with E-state index in [0.717, 1.165) is 70.6 Å². The summed E-state index contributed by atoms with van der Waals surface area (Å²) in [6, 6.07) is 0. The number of hydrogen-bond acceptors (Lipinski definition) is 7. The van der Waals surface area contributed by atoms with Gasteiger partial charge in [0, 0.05) is 12.8 Å². The van der Waals surface area contributed by atoms with Crippen molar-refractivity contribution < 1.29 is 42.9 Å². The first kappa shape index (κ1) is 80.0. The van der Waals surface area contributed by atoms with E-state index in [-0.39, 0.29) is 38.2 Å². The Morgan fingerprint density at radius 1 is 0.373 bits per heavy atom. The number of rotatable bonds is 66. The summed E-state index contributed by atoms with van der Waals surface area (Å²) in [6.07, 6.45) is 82.0. The topological polar surface area (TPSA) is 108 Å². The number of carboxylic acid groups (broad SMARTS) is 1. The highest BCUT2D eigenvalue weighted by Crippen LogP contribution is 2.19. The molecular formula is C74H136NO8+. The minimum atomic E-state index is -1.51. The minimum absolute atomic E-state index is 0.177. The summed E-state index contributed by atoms with van der Waals surface area (Å²) in [7, 11) is 5.99. The van der Waals surface area contributed by atoms with Gasteiger partial charge in [0.2, 0.25) is 0 Å². The van der Waals surface area contributed by atoms with Crippen molar-refractivity contribution in [3.8, 4) is 0 Å². The molecule has 0 saturated carbocycles. The number of quaternary nitrogens is 1. The SMILES string of the molecule is CC/C=C\C/C=C\C/C=C\C/C=C\C/C=C\CCCCCCCCCCCCCCCCCCCCCC(=O)OC(COC(=O)CCCCCCCCCCCCCCCCCCCCCCCCC)COC(OCC[N+](C)(C)C)C(=O)O. The van der Waals surface area contributed by atoms with Gasteiger partial charge in [-0.15, -0.1) is 0 Å². The zero-order valence-corrected chi connectivity index (χ0v) is 55.4. The van der Waals surface area contributed by atoms with Gasteiger partial charge in [-0.05, 0) is 57.8 Å². The van der Waals surface area contributed by atoms with Gasteiger partial charge in [-0.3, -0.25) is 9.59 Å². The fourth-order valence-corrected chi connectivity index (χ4v) is 10.4. The Kier molecular flexibility index (Phi) is 62.6. The van der Waals surface area contributed by atoms with E-state index in [0.29, 0.717) is 17.4 Å². The highest BCUT2D eigenvalue weighted by Gasteiger charge is 2.25. The second kappa shape index (κ2) is 65.0. The third kappa shape index (κ3) is 66.4. The van der Waals surface area contributed by atoms with Gasteiger partial charge in [-0.2, -0.15) is 0 Å². The molecule has 0 heterocycles. The van der Waals surface area contributed by atoms with Crippen molar-refractivity contribution in [3.63, 3.8) is 0 Å². The molecule has 0 spiro atoms. The lowest BCUT2D eigenvalue weighted by molar-refractivity contribution is -0.870. The second-order valence-electron chi connectivity index (χ2n) is 25.2. The molecule has 0 aliphatic carbocycles. The first-order chi connectivity index (χ1) is 40.6. The maximum Gasteiger partial charge on any atom is 0.361 e. The minimum Gasteiger partial charge on any atom is -0.477 e. The van der Waals surface area contributed by atoms with Gasteiger partial charge in [0.05, 0.1) is 34.4 Å². The molecule has 2 atom stereocenters. The molecule has 1 N–H and O–H groups in total. The molecule has 83 heavy (non-hydrogen) atoms. The van der Waals surface area contributed by atoms with Crippen molar-refractivity contribution in [1.82, 2.24) is 0 Å². The molecule has 0 aromatic carbocycles. The largest absolute Gasteiger partial charge is 0.477 e. The summed E-state index contributed by atoms with van der Waals surface area (Å²) in [6.45, 7) is 4.83. The second-order valence-corrected chi connectivity index (χ2v) is 25.2. The molecule has 0 rings (SSSR count). The van der Waals surface area contributed by atoms with E-state index in [1.165, 1.54) is 238 Å². The molecule has 0 aromatic rings. The number of unbranched alkanes of at least 4 members (excludes halogenated alkanes) is 41. The van der Waals surface area contributed by atoms with Gasteiger partial charge < -0.3 is 28.5 Å². The van der Waals surface area contributed by atoms with Gasteiger partial charge in [-0.25, -0.2) is 4.79 Å². The van der Waals surface area contributed by atoms with Crippen LogP contribution in [0.2, 0.25) is 0 Å². The number of likely N-dealkylation sites (N-methyl/N-ethyl adjacent to an activating group) is 1. The molecule has 0 bridgehead atoms. The van der Waals surface area contributed by atoms with E-state index in [2.05, 4.69) is 74.6 Å². The number of carbonyl (C=O) groups is 3. The van der Waals surface area contributed by atoms with Crippen molar-refractivity contribution in [1.29, 1.82) is 0 Å². The van der Waals surface area contributed by atoms with Gasteiger partial charge in [-0.1, -0.05) is 325 Å². The maximum absolute atomic E-state index is 12.9. The molecule has 0 amide bonds. The van der Waals surface area contributed by atoms with Crippen molar-refractivity contribution in [3.05, 3.63) is 60.8 Å². The third-order valence-corrected chi connectivity index (χ3v) is 15.8. The molecule has 0 aromatic heterocycles. The molecule has 0 aliphatic rings. The average molecular weight is 1170 g/mol. The predicted molar refractivity (Wildman–Crippen MR) is 355 cm³/mol. The monoisotopic (exact) mass is 1170 g/mol. The average Bonchev–Trinajstić information content (AvgIpc) is 3.46. The predicted octanol–water partition coefficient (Wildman–Crippen LogP) is 21.9. The van der Waals surface area contributed by atoms with Gasteiger partial charge in [0.15, 0.2) is 6.10 Å². The smallest absolute Gasteiger partial charge is 0.361 e. The molecule has 0 fully saturated rings. The zero-order valence-electron chi connectivity index (χ0n) is 55.4. The van der Waals surface area contributed by atoms with Crippen LogP contribution in [-0.2, 0) is 33.3 Å². The Balaban J connectivity index is 4.04. The maximum atomic E-state index is 12.9. The van der Waals surface area contributed by atoms with Crippen LogP contribution in [0.5, 0.6) is 0 Å². The van der Waals surface area contributed by atoms with Crippen LogP contribution in [0.4, 0.5) is 0 Å². The lowest BCUT2D eigenvalue weighted by Gasteiger charge is -2.25. The molecule has 0 radical (unpaired) electrons. The van der Waals surface area contributed by atoms with Crippen molar-refractivity contribution in [2.75, 3.05) is 47.5 Å². The van der Waals surface area contributed by atoms with Crippen LogP contribution in [0.1, 0.15) is 335 Å². The Morgan fingerprint density at radius 3 is 1.02 bits per heavy atom. The van der Waals surface area contributed by atoms with Crippen LogP contribution in [0.3, 0.4) is 0 Å². The number of esters is 2. The first-order valence-corrected chi connectivity index (χ1v) is 35.5. The number of allylic oxidation sites excluding steroid dienone is 10. The first-order valence-electron chi connectivity index (χ1n) is 35.5. The number of ether oxygens (including phenoxy) is 4. The number of carbonyl (C=O) groups excluding carboxylic acids is 2. The Hall–Kier alpha value is -3.01. The Labute approximate surface area is 514 Å². The van der Waals surface area contributed by atoms with Crippen LogP contribution in [0, 0.1) is 0 Å². The third-order valence-electron chi connectivity index (χ3n) is 15.8. The summed E-state index contributed by atoms with van der Waals surface area (Å²) < 4.78 is 23.0. The molecule has 0 aliphatic heterocycles. The molecule has 0 saturated heterocycles. The van der Waals surface area contributed by atoms with E-state index < -0.39 is 18.4 Å². The number of nitrogens with zero attached hydrogens (tertiary/aromatic N) is 1. The lowest BCUT2D eigenvalue weighted by atomic mass is 10.0. The van der Waals surface area contributed by atoms with E-state index in [9.17, 15) is 19.5 Å². The summed E-state index contributed by atoms with van der Waals surface area (Å²) in [5.41, 5.74) is 0. The molecule has 484 valence electrons. The number of hydrogen-bond donors (Lipinski definition) is 1. The fraction of sp³-hybridized carbons (Fsp3) is 0.824. The van der Waals surface area contributed by atoms with E-state index >= 15 is 0 Å². The summed E-state index contributed by atoms with van der Waals surface area (Å²) >= 11 is 0. The standard InChI is InChI=1S/C74H135NO8/c1-6-8-10-12-14-16-18-20-22-24-26-28-30-31-32-33-34-35-36-37-38-39-40-41-43-45-47-49-51-53-55-57-59-61-63-65-72(77)83-70(69-82-74(73(78)79)80-67-66-75(3,4)5)68-81-71(76)64-62-60-58-56-54-52-50-48-46-44-42-29-27-25-23-21-19-17-15-13-11-9-7-2/h8,10,14,16,20,22,26,28,31-32,70,74H,6-7,9,11-13,15,17-19,21,23-25,27,29-30,33-69H2,1-5H3/p+1/b10-8-,16-14-,22-20-,28-26-,32-31-. The van der Waals surface area contributed by atoms with Gasteiger partial charge in [0.1, 0.15) is 13.2 Å². The number of aliphatic carboxylic acids is 1. The normalized spacial score (nSPS) is 13.0. The highest BCUT2D eigenvalue weighted by atomic mass is 16.7. The summed E-state index contributed by atoms with van der Waals surface area (Å²) in [4.78, 5) is 37.6. The highest BCUT2D eigenvalue weighted by molar-refractivity contribution is 5.71. The molecule has 9 nitrogen and oxygen atoms in total. The summed E-state index contributed by atoms with van der Waals surface area (Å²) in [5.74, 6) is -1.98. The van der Waals surface area contributed by atoms with Crippen LogP contribution in [0.15, 0.2) is 60.8 Å². The molecular weight excluding hydrogens is 1030 g/mol. The fourth-order valence-electron chi connectivity index (χ4n) is 10.4. The van der Waals surface area contributed by atoms with Crippen molar-refractivity contribution in [2.24, 2.45) is 0 Å². The van der Waals surface area contributed by atoms with E-state index in [1.807, 2.05) is 21.1 Å². The van der Waals surface area contributed by atoms with Crippen LogP contribution in [0.25, 0.3) is 0 Å². The van der Waals surface area contributed by atoms with Crippen LogP contribution >= 0.6 is 0 Å². The van der Waals surface area contributed by atoms with Crippen molar-refractivity contribution >= 4 is 17.9 Å². The Bertz CT molecular complexity index is 1550. The quantitative estimate of drug-likeness (QED) is 0.0211. The van der Waals surface area contributed by atoms with Gasteiger partial charge >= 0.3 is 17.9 Å². The van der Waals surface area contributed by atoms with Crippen molar-refractivity contribution in [2.45, 2.75) is 347 Å². The van der Waals surface area contributed by atoms with E-state index in [1.54, 1.807) is 0 Å². The summed E-state index contributed by atoms with van der Waals surface area (Å²) in [5, 5.41) is 9.75. The van der Waals surface area contributed by atoms with Gasteiger partial charge in [0.25, 0.3) is 6.29 Å².